The van der Waals surface area contributed by atoms with E-state index in [0.29, 0.717) is 22.4 Å². The average molecular weight is 362 g/mol. The number of benzene rings is 2. The van der Waals surface area contributed by atoms with E-state index >= 15 is 0 Å². The molecule has 0 spiro atoms. The molecule has 128 valence electrons. The summed E-state index contributed by atoms with van der Waals surface area (Å²) in [6.07, 6.45) is 0.0828. The zero-order chi connectivity index (χ0) is 17.8. The molecule has 0 radical (unpaired) electrons. The van der Waals surface area contributed by atoms with E-state index in [1.54, 1.807) is 12.1 Å². The molecule has 25 heavy (non-hydrogen) atoms. The minimum Gasteiger partial charge on any atom is -0.428 e. The van der Waals surface area contributed by atoms with E-state index in [0.717, 1.165) is 0 Å². The number of anilines is 1. The van der Waals surface area contributed by atoms with Crippen LogP contribution in [0.15, 0.2) is 46.9 Å². The maximum Gasteiger partial charge on any atom is 0.293 e. The SMILES string of the molecule is O=C(CCNC(=O)c1ccc2nc(Cl)oc2c1)Nc1ccc(F)cc1. The fourth-order valence-corrected chi connectivity index (χ4v) is 2.36. The van der Waals surface area contributed by atoms with E-state index in [9.17, 15) is 14.0 Å². The molecule has 0 saturated carbocycles. The molecule has 0 aliphatic carbocycles. The van der Waals surface area contributed by atoms with Gasteiger partial charge in [0.25, 0.3) is 11.3 Å². The van der Waals surface area contributed by atoms with Crippen LogP contribution in [0.25, 0.3) is 11.1 Å². The highest BCUT2D eigenvalue weighted by Gasteiger charge is 2.10. The van der Waals surface area contributed by atoms with E-state index < -0.39 is 0 Å². The molecule has 1 heterocycles. The second-order valence-corrected chi connectivity index (χ2v) is 5.53. The van der Waals surface area contributed by atoms with Crippen LogP contribution in [0, 0.1) is 5.82 Å². The van der Waals surface area contributed by atoms with Gasteiger partial charge in [0.15, 0.2) is 5.58 Å². The number of aromatic nitrogens is 1. The van der Waals surface area contributed by atoms with Gasteiger partial charge in [-0.3, -0.25) is 9.59 Å². The topological polar surface area (TPSA) is 84.2 Å². The van der Waals surface area contributed by atoms with Gasteiger partial charge in [0, 0.05) is 24.2 Å². The molecule has 1 aromatic heterocycles. The summed E-state index contributed by atoms with van der Waals surface area (Å²) in [6, 6.07) is 10.2. The van der Waals surface area contributed by atoms with Gasteiger partial charge in [-0.1, -0.05) is 0 Å². The molecule has 6 nitrogen and oxygen atoms in total. The molecule has 0 fully saturated rings. The quantitative estimate of drug-likeness (QED) is 0.729. The van der Waals surface area contributed by atoms with E-state index in [-0.39, 0.29) is 35.9 Å². The summed E-state index contributed by atoms with van der Waals surface area (Å²) in [5.74, 6) is -1.01. The van der Waals surface area contributed by atoms with Crippen molar-refractivity contribution in [1.29, 1.82) is 0 Å². The molecule has 0 aliphatic heterocycles. The number of rotatable bonds is 5. The lowest BCUT2D eigenvalue weighted by Gasteiger charge is -2.07. The monoisotopic (exact) mass is 361 g/mol. The Hall–Kier alpha value is -2.93. The van der Waals surface area contributed by atoms with Gasteiger partial charge in [0.05, 0.1) is 0 Å². The highest BCUT2D eigenvalue weighted by Crippen LogP contribution is 2.20. The Labute approximate surface area is 147 Å². The van der Waals surface area contributed by atoms with Crippen LogP contribution in [0.1, 0.15) is 16.8 Å². The number of nitrogens with one attached hydrogen (secondary N) is 2. The first-order valence-corrected chi connectivity index (χ1v) is 7.79. The second kappa shape index (κ2) is 7.31. The van der Waals surface area contributed by atoms with Gasteiger partial charge in [-0.15, -0.1) is 0 Å². The third-order valence-corrected chi connectivity index (χ3v) is 3.55. The van der Waals surface area contributed by atoms with Crippen LogP contribution >= 0.6 is 11.6 Å². The molecule has 0 saturated heterocycles. The lowest BCUT2D eigenvalue weighted by molar-refractivity contribution is -0.116. The van der Waals surface area contributed by atoms with Crippen LogP contribution in [-0.4, -0.2) is 23.3 Å². The number of halogens is 2. The third kappa shape index (κ3) is 4.33. The highest BCUT2D eigenvalue weighted by molar-refractivity contribution is 6.28. The van der Waals surface area contributed by atoms with Crippen molar-refractivity contribution in [3.8, 4) is 0 Å². The summed E-state index contributed by atoms with van der Waals surface area (Å²) in [5.41, 5.74) is 1.83. The number of carbonyl (C=O) groups is 2. The molecule has 0 unspecified atom stereocenters. The van der Waals surface area contributed by atoms with Crippen LogP contribution in [0.3, 0.4) is 0 Å². The lowest BCUT2D eigenvalue weighted by atomic mass is 10.2. The maximum absolute atomic E-state index is 12.8. The van der Waals surface area contributed by atoms with E-state index in [2.05, 4.69) is 15.6 Å². The number of fused-ring (bicyclic) bond motifs is 1. The summed E-state index contributed by atoms with van der Waals surface area (Å²) in [7, 11) is 0. The van der Waals surface area contributed by atoms with Gasteiger partial charge in [0.2, 0.25) is 5.91 Å². The number of amides is 2. The first-order valence-electron chi connectivity index (χ1n) is 7.41. The molecule has 2 N–H and O–H groups in total. The van der Waals surface area contributed by atoms with E-state index in [1.165, 1.54) is 30.3 Å². The average Bonchev–Trinajstić information content (AvgIpc) is 2.96. The normalized spacial score (nSPS) is 10.6. The standard InChI is InChI=1S/C17H13ClFN3O3/c18-17-22-13-6-1-10(9-14(13)25-17)16(24)20-8-7-15(23)21-12-4-2-11(19)3-5-12/h1-6,9H,7-8H2,(H,20,24)(H,21,23). The summed E-state index contributed by atoms with van der Waals surface area (Å²) < 4.78 is 18.0. The van der Waals surface area contributed by atoms with Crippen LogP contribution in [0.4, 0.5) is 10.1 Å². The smallest absolute Gasteiger partial charge is 0.293 e. The van der Waals surface area contributed by atoms with Crippen molar-refractivity contribution >= 4 is 40.2 Å². The van der Waals surface area contributed by atoms with Crippen molar-refractivity contribution in [2.45, 2.75) is 6.42 Å². The molecule has 2 amide bonds. The predicted molar refractivity (Wildman–Crippen MR) is 91.0 cm³/mol. The molecule has 0 atom stereocenters. The molecule has 2 aromatic carbocycles. The molecular weight excluding hydrogens is 349 g/mol. The van der Waals surface area contributed by atoms with Crippen molar-refractivity contribution in [2.75, 3.05) is 11.9 Å². The fraction of sp³-hybridized carbons (Fsp3) is 0.118. The Balaban J connectivity index is 1.51. The first-order chi connectivity index (χ1) is 12.0. The van der Waals surface area contributed by atoms with E-state index in [1.807, 2.05) is 0 Å². The molecule has 0 bridgehead atoms. The summed E-state index contributed by atoms with van der Waals surface area (Å²) >= 11 is 5.67. The fourth-order valence-electron chi connectivity index (χ4n) is 2.19. The van der Waals surface area contributed by atoms with Crippen molar-refractivity contribution in [3.05, 3.63) is 59.2 Å². The van der Waals surface area contributed by atoms with Gasteiger partial charge in [-0.05, 0) is 54.1 Å². The van der Waals surface area contributed by atoms with Crippen LogP contribution in [-0.2, 0) is 4.79 Å². The number of carbonyl (C=O) groups excluding carboxylic acids is 2. The molecule has 3 aromatic rings. The van der Waals surface area contributed by atoms with Crippen molar-refractivity contribution in [1.82, 2.24) is 10.3 Å². The molecule has 0 aliphatic rings. The lowest BCUT2D eigenvalue weighted by Crippen LogP contribution is -2.27. The van der Waals surface area contributed by atoms with Crippen molar-refractivity contribution < 1.29 is 18.4 Å². The summed E-state index contributed by atoms with van der Waals surface area (Å²) in [4.78, 5) is 27.8. The molecular formula is C17H13ClFN3O3. The van der Waals surface area contributed by atoms with Crippen LogP contribution in [0.2, 0.25) is 5.35 Å². The number of hydrogen-bond acceptors (Lipinski definition) is 4. The molecule has 8 heteroatoms. The van der Waals surface area contributed by atoms with Gasteiger partial charge in [-0.2, -0.15) is 4.98 Å². The summed E-state index contributed by atoms with van der Waals surface area (Å²) in [5, 5.41) is 5.26. The van der Waals surface area contributed by atoms with Gasteiger partial charge < -0.3 is 15.1 Å². The Morgan fingerprint density at radius 2 is 1.92 bits per heavy atom. The second-order valence-electron chi connectivity index (χ2n) is 5.21. The third-order valence-electron chi connectivity index (χ3n) is 3.39. The summed E-state index contributed by atoms with van der Waals surface area (Å²) in [6.45, 7) is 0.154. The number of hydrogen-bond donors (Lipinski definition) is 2. The van der Waals surface area contributed by atoms with Crippen molar-refractivity contribution in [2.24, 2.45) is 0 Å². The Kier molecular flexibility index (Phi) is 4.95. The largest absolute Gasteiger partial charge is 0.428 e. The number of oxazole rings is 1. The predicted octanol–water partition coefficient (Wildman–Crippen LogP) is 3.38. The zero-order valence-electron chi connectivity index (χ0n) is 12.9. The maximum atomic E-state index is 12.8. The number of nitrogens with zero attached hydrogens (tertiary/aromatic N) is 1. The Bertz CT molecular complexity index is 925. The van der Waals surface area contributed by atoms with Gasteiger partial charge in [-0.25, -0.2) is 4.39 Å². The van der Waals surface area contributed by atoms with Gasteiger partial charge in [0.1, 0.15) is 11.3 Å². The Morgan fingerprint density at radius 1 is 1.16 bits per heavy atom. The minimum absolute atomic E-state index is 0.00465. The minimum atomic E-state index is -0.379. The Morgan fingerprint density at radius 3 is 2.68 bits per heavy atom. The molecule has 3 rings (SSSR count). The van der Waals surface area contributed by atoms with Gasteiger partial charge >= 0.3 is 0 Å². The van der Waals surface area contributed by atoms with Crippen LogP contribution < -0.4 is 10.6 Å². The van der Waals surface area contributed by atoms with E-state index in [4.69, 9.17) is 16.0 Å². The van der Waals surface area contributed by atoms with Crippen molar-refractivity contribution in [3.63, 3.8) is 0 Å². The van der Waals surface area contributed by atoms with Crippen LogP contribution in [0.5, 0.6) is 0 Å². The first kappa shape index (κ1) is 16.9. The highest BCUT2D eigenvalue weighted by atomic mass is 35.5. The zero-order valence-corrected chi connectivity index (χ0v) is 13.6.